The topological polar surface area (TPSA) is 53.1 Å². The van der Waals surface area contributed by atoms with Crippen molar-refractivity contribution >= 4 is 17.7 Å². The van der Waals surface area contributed by atoms with Crippen LogP contribution >= 0.6 is 0 Å². The van der Waals surface area contributed by atoms with Crippen LogP contribution in [0.5, 0.6) is 0 Å². The molecule has 1 heterocycles. The van der Waals surface area contributed by atoms with Gasteiger partial charge in [0.1, 0.15) is 5.82 Å². The van der Waals surface area contributed by atoms with Gasteiger partial charge in [-0.15, -0.1) is 0 Å². The molecule has 0 N–H and O–H groups in total. The van der Waals surface area contributed by atoms with E-state index in [0.29, 0.717) is 26.2 Å². The number of halogens is 3. The molecule has 1 aliphatic rings. The zero-order chi connectivity index (χ0) is 22.5. The van der Waals surface area contributed by atoms with Gasteiger partial charge in [0.15, 0.2) is 11.6 Å². The Morgan fingerprint density at radius 1 is 1.03 bits per heavy atom. The number of amides is 2. The number of likely N-dealkylation sites (N-methyl/N-ethyl adjacent to an activating group) is 1. The van der Waals surface area contributed by atoms with E-state index in [4.69, 9.17) is 0 Å². The summed E-state index contributed by atoms with van der Waals surface area (Å²) in [6.45, 7) is 4.69. The Morgan fingerprint density at radius 3 is 2.35 bits per heavy atom. The molecule has 0 aromatic heterocycles. The minimum Gasteiger partial charge on any atom is -0.465 e. The predicted molar refractivity (Wildman–Crippen MR) is 109 cm³/mol. The number of methoxy groups -OCH3 is 1. The molecule has 0 atom stereocenters. The molecule has 2 aromatic rings. The molecular formula is C22H24F3N3O3. The quantitative estimate of drug-likeness (QED) is 0.673. The molecule has 166 valence electrons. The third-order valence-corrected chi connectivity index (χ3v) is 5.35. The fraction of sp³-hybridized carbons (Fsp3) is 0.364. The first-order chi connectivity index (χ1) is 14.8. The Kier molecular flexibility index (Phi) is 7.17. The molecule has 2 amide bonds. The number of hydrogen-bond acceptors (Lipinski definition) is 4. The van der Waals surface area contributed by atoms with Crippen molar-refractivity contribution in [2.75, 3.05) is 44.7 Å². The SMILES string of the molecule is CCN1CCN(C(=O)N(Cc2ccc(C(=O)OC)cc2F)c2cccc(F)c2F)CC1. The zero-order valence-electron chi connectivity index (χ0n) is 17.4. The maximum Gasteiger partial charge on any atom is 0.337 e. The highest BCUT2D eigenvalue weighted by atomic mass is 19.2. The number of carbonyl (C=O) groups is 2. The van der Waals surface area contributed by atoms with Crippen LogP contribution in [0.4, 0.5) is 23.7 Å². The summed E-state index contributed by atoms with van der Waals surface area (Å²) >= 11 is 0. The van der Waals surface area contributed by atoms with Crippen molar-refractivity contribution in [2.24, 2.45) is 0 Å². The number of benzene rings is 2. The van der Waals surface area contributed by atoms with E-state index in [1.165, 1.54) is 36.3 Å². The van der Waals surface area contributed by atoms with Gasteiger partial charge in [0.25, 0.3) is 0 Å². The molecule has 0 unspecified atom stereocenters. The number of piperazine rings is 1. The van der Waals surface area contributed by atoms with Crippen LogP contribution in [0.3, 0.4) is 0 Å². The average Bonchev–Trinajstić information content (AvgIpc) is 2.79. The predicted octanol–water partition coefficient (Wildman–Crippen LogP) is 3.65. The van der Waals surface area contributed by atoms with Crippen molar-refractivity contribution < 1.29 is 27.5 Å². The lowest BCUT2D eigenvalue weighted by molar-refractivity contribution is 0.0600. The van der Waals surface area contributed by atoms with Crippen molar-refractivity contribution in [1.82, 2.24) is 9.80 Å². The lowest BCUT2D eigenvalue weighted by Gasteiger charge is -2.37. The molecule has 0 bridgehead atoms. The van der Waals surface area contributed by atoms with Gasteiger partial charge in [-0.3, -0.25) is 4.90 Å². The van der Waals surface area contributed by atoms with Crippen LogP contribution in [-0.4, -0.2) is 61.6 Å². The lowest BCUT2D eigenvalue weighted by Crippen LogP contribution is -2.53. The van der Waals surface area contributed by atoms with E-state index in [9.17, 15) is 22.8 Å². The summed E-state index contributed by atoms with van der Waals surface area (Å²) in [7, 11) is 1.18. The fourth-order valence-corrected chi connectivity index (χ4v) is 3.47. The Hall–Kier alpha value is -3.07. The zero-order valence-corrected chi connectivity index (χ0v) is 17.4. The summed E-state index contributed by atoms with van der Waals surface area (Å²) in [4.78, 5) is 29.6. The van der Waals surface area contributed by atoms with Gasteiger partial charge < -0.3 is 14.5 Å². The standard InChI is InChI=1S/C22H24F3N3O3/c1-3-26-9-11-27(12-10-26)22(30)28(19-6-4-5-17(23)20(19)25)14-16-8-7-15(13-18(16)24)21(29)31-2/h4-8,13H,3,9-12,14H2,1-2H3. The Bertz CT molecular complexity index is 962. The van der Waals surface area contributed by atoms with Crippen LogP contribution in [-0.2, 0) is 11.3 Å². The molecule has 1 saturated heterocycles. The first kappa shape index (κ1) is 22.6. The van der Waals surface area contributed by atoms with Gasteiger partial charge in [0.2, 0.25) is 0 Å². The highest BCUT2D eigenvalue weighted by Gasteiger charge is 2.29. The Labute approximate surface area is 178 Å². The third-order valence-electron chi connectivity index (χ3n) is 5.35. The van der Waals surface area contributed by atoms with Gasteiger partial charge in [-0.25, -0.2) is 22.8 Å². The van der Waals surface area contributed by atoms with Crippen LogP contribution in [0.1, 0.15) is 22.8 Å². The van der Waals surface area contributed by atoms with E-state index in [-0.39, 0.29) is 23.4 Å². The minimum absolute atomic E-state index is 0.00856. The summed E-state index contributed by atoms with van der Waals surface area (Å²) in [5.41, 5.74) is -0.217. The maximum atomic E-state index is 14.7. The molecule has 0 radical (unpaired) electrons. The Morgan fingerprint density at radius 2 is 1.74 bits per heavy atom. The first-order valence-corrected chi connectivity index (χ1v) is 9.95. The molecule has 1 aliphatic heterocycles. The minimum atomic E-state index is -1.19. The molecule has 9 heteroatoms. The van der Waals surface area contributed by atoms with E-state index in [0.717, 1.165) is 23.6 Å². The largest absolute Gasteiger partial charge is 0.465 e. The molecule has 6 nitrogen and oxygen atoms in total. The molecule has 1 fully saturated rings. The molecule has 31 heavy (non-hydrogen) atoms. The number of hydrogen-bond donors (Lipinski definition) is 0. The van der Waals surface area contributed by atoms with E-state index in [1.807, 2.05) is 6.92 Å². The summed E-state index contributed by atoms with van der Waals surface area (Å²) < 4.78 is 47.7. The van der Waals surface area contributed by atoms with E-state index in [2.05, 4.69) is 9.64 Å². The number of ether oxygens (including phenoxy) is 1. The van der Waals surface area contributed by atoms with E-state index >= 15 is 0 Å². The monoisotopic (exact) mass is 435 g/mol. The number of urea groups is 1. The van der Waals surface area contributed by atoms with Crippen LogP contribution < -0.4 is 4.90 Å². The average molecular weight is 435 g/mol. The molecule has 2 aromatic carbocycles. The van der Waals surface area contributed by atoms with Gasteiger partial charge in [-0.05, 0) is 30.8 Å². The second kappa shape index (κ2) is 9.82. The van der Waals surface area contributed by atoms with Crippen LogP contribution in [0.25, 0.3) is 0 Å². The van der Waals surface area contributed by atoms with Crippen molar-refractivity contribution in [2.45, 2.75) is 13.5 Å². The number of nitrogens with zero attached hydrogens (tertiary/aromatic N) is 3. The van der Waals surface area contributed by atoms with Crippen molar-refractivity contribution in [3.63, 3.8) is 0 Å². The second-order valence-electron chi connectivity index (χ2n) is 7.16. The van der Waals surface area contributed by atoms with Crippen LogP contribution in [0.2, 0.25) is 0 Å². The second-order valence-corrected chi connectivity index (χ2v) is 7.16. The van der Waals surface area contributed by atoms with Crippen LogP contribution in [0.15, 0.2) is 36.4 Å². The van der Waals surface area contributed by atoms with Gasteiger partial charge in [0, 0.05) is 31.7 Å². The number of carbonyl (C=O) groups excluding carboxylic acids is 2. The molecule has 0 spiro atoms. The van der Waals surface area contributed by atoms with Crippen molar-refractivity contribution in [1.29, 1.82) is 0 Å². The summed E-state index contributed by atoms with van der Waals surface area (Å²) in [5.74, 6) is -3.75. The Balaban J connectivity index is 1.92. The van der Waals surface area contributed by atoms with Gasteiger partial charge in [0.05, 0.1) is 24.9 Å². The highest BCUT2D eigenvalue weighted by Crippen LogP contribution is 2.26. The lowest BCUT2D eigenvalue weighted by atomic mass is 10.1. The smallest absolute Gasteiger partial charge is 0.337 e. The first-order valence-electron chi connectivity index (χ1n) is 9.95. The van der Waals surface area contributed by atoms with Gasteiger partial charge in [-0.1, -0.05) is 19.1 Å². The van der Waals surface area contributed by atoms with Gasteiger partial charge in [-0.2, -0.15) is 0 Å². The molecule has 0 aliphatic carbocycles. The molecular weight excluding hydrogens is 411 g/mol. The van der Waals surface area contributed by atoms with E-state index < -0.39 is 29.5 Å². The van der Waals surface area contributed by atoms with E-state index in [1.54, 1.807) is 0 Å². The number of anilines is 1. The van der Waals surface area contributed by atoms with Crippen molar-refractivity contribution in [3.8, 4) is 0 Å². The summed E-state index contributed by atoms with van der Waals surface area (Å²) in [5, 5.41) is 0. The fourth-order valence-electron chi connectivity index (χ4n) is 3.47. The third kappa shape index (κ3) is 4.99. The van der Waals surface area contributed by atoms with Crippen molar-refractivity contribution in [3.05, 3.63) is 65.0 Å². The van der Waals surface area contributed by atoms with Crippen LogP contribution in [0, 0.1) is 17.5 Å². The number of rotatable bonds is 5. The molecule has 0 saturated carbocycles. The van der Waals surface area contributed by atoms with Gasteiger partial charge >= 0.3 is 12.0 Å². The summed E-state index contributed by atoms with van der Waals surface area (Å²) in [6, 6.07) is 6.65. The summed E-state index contributed by atoms with van der Waals surface area (Å²) in [6.07, 6.45) is 0. The number of esters is 1. The maximum absolute atomic E-state index is 14.7. The highest BCUT2D eigenvalue weighted by molar-refractivity contribution is 5.92. The molecule has 3 rings (SSSR count). The normalized spacial score (nSPS) is 14.4.